The molecule has 6 nitrogen and oxygen atoms in total. The van der Waals surface area contributed by atoms with Crippen LogP contribution in [0.3, 0.4) is 0 Å². The van der Waals surface area contributed by atoms with Crippen LogP contribution in [0, 0.1) is 6.92 Å². The highest BCUT2D eigenvalue weighted by Gasteiger charge is 2.11. The van der Waals surface area contributed by atoms with Gasteiger partial charge in [-0.15, -0.1) is 0 Å². The van der Waals surface area contributed by atoms with E-state index in [4.69, 9.17) is 21.7 Å². The van der Waals surface area contributed by atoms with Crippen LogP contribution < -0.4 is 20.1 Å². The number of thiocarbonyl (C=S) groups is 1. The average molecular weight is 331 g/mol. The molecule has 120 valence electrons. The average Bonchev–Trinajstić information content (AvgIpc) is 2.54. The van der Waals surface area contributed by atoms with Gasteiger partial charge in [-0.1, -0.05) is 6.07 Å². The lowest BCUT2D eigenvalue weighted by molar-refractivity contribution is 0.0977. The van der Waals surface area contributed by atoms with E-state index in [9.17, 15) is 4.79 Å². The molecule has 0 unspecified atom stereocenters. The minimum absolute atomic E-state index is 0.162. The van der Waals surface area contributed by atoms with E-state index < -0.39 is 0 Å². The molecule has 0 saturated carbocycles. The minimum Gasteiger partial charge on any atom is -0.497 e. The number of nitrogens with zero attached hydrogens (tertiary/aromatic N) is 1. The van der Waals surface area contributed by atoms with Gasteiger partial charge in [0.15, 0.2) is 5.11 Å². The third-order valence-electron chi connectivity index (χ3n) is 2.97. The minimum atomic E-state index is -0.368. The SMILES string of the molecule is COc1cc(OC)cc(C(=O)NC(=S)Nc2cccc(C)n2)c1. The molecule has 7 heteroatoms. The molecule has 2 rings (SSSR count). The van der Waals surface area contributed by atoms with Crippen LogP contribution in [0.25, 0.3) is 0 Å². The molecular weight excluding hydrogens is 314 g/mol. The van der Waals surface area contributed by atoms with Gasteiger partial charge in [0.05, 0.1) is 14.2 Å². The van der Waals surface area contributed by atoms with Gasteiger partial charge in [0, 0.05) is 17.3 Å². The second kappa shape index (κ2) is 7.55. The summed E-state index contributed by atoms with van der Waals surface area (Å²) in [4.78, 5) is 16.5. The Labute approximate surface area is 139 Å². The Hall–Kier alpha value is -2.67. The lowest BCUT2D eigenvalue weighted by Crippen LogP contribution is -2.34. The summed E-state index contributed by atoms with van der Waals surface area (Å²) in [5.41, 5.74) is 1.23. The second-order valence-electron chi connectivity index (χ2n) is 4.67. The Morgan fingerprint density at radius 1 is 1.13 bits per heavy atom. The number of carbonyl (C=O) groups excluding carboxylic acids is 1. The third-order valence-corrected chi connectivity index (χ3v) is 3.17. The van der Waals surface area contributed by atoms with Crippen molar-refractivity contribution in [1.82, 2.24) is 10.3 Å². The van der Waals surface area contributed by atoms with Gasteiger partial charge in [-0.05, 0) is 43.4 Å². The quantitative estimate of drug-likeness (QED) is 0.839. The lowest BCUT2D eigenvalue weighted by Gasteiger charge is -2.11. The molecule has 0 bridgehead atoms. The van der Waals surface area contributed by atoms with Crippen LogP contribution >= 0.6 is 12.2 Å². The lowest BCUT2D eigenvalue weighted by atomic mass is 10.2. The van der Waals surface area contributed by atoms with Gasteiger partial charge in [-0.3, -0.25) is 10.1 Å². The summed E-state index contributed by atoms with van der Waals surface area (Å²) in [7, 11) is 3.04. The molecule has 1 amide bonds. The predicted molar refractivity (Wildman–Crippen MR) is 92.2 cm³/mol. The number of rotatable bonds is 4. The zero-order valence-electron chi connectivity index (χ0n) is 13.0. The van der Waals surface area contributed by atoms with Crippen LogP contribution in [-0.2, 0) is 0 Å². The molecule has 0 fully saturated rings. The van der Waals surface area contributed by atoms with E-state index in [-0.39, 0.29) is 11.0 Å². The Balaban J connectivity index is 2.07. The third kappa shape index (κ3) is 4.65. The van der Waals surface area contributed by atoms with Gasteiger partial charge in [0.1, 0.15) is 17.3 Å². The Kier molecular flexibility index (Phi) is 5.48. The summed E-state index contributed by atoms with van der Waals surface area (Å²) < 4.78 is 10.3. The smallest absolute Gasteiger partial charge is 0.257 e. The molecule has 0 saturated heterocycles. The number of benzene rings is 1. The van der Waals surface area contributed by atoms with Crippen molar-refractivity contribution in [2.45, 2.75) is 6.92 Å². The number of pyridine rings is 1. The van der Waals surface area contributed by atoms with Gasteiger partial charge in [-0.25, -0.2) is 4.98 Å². The first-order valence-corrected chi connectivity index (χ1v) is 7.21. The molecule has 1 aromatic carbocycles. The summed E-state index contributed by atoms with van der Waals surface area (Å²) in [6.45, 7) is 1.87. The maximum absolute atomic E-state index is 12.3. The highest BCUT2D eigenvalue weighted by Crippen LogP contribution is 2.22. The van der Waals surface area contributed by atoms with Crippen molar-refractivity contribution in [2.75, 3.05) is 19.5 Å². The molecule has 2 aromatic rings. The van der Waals surface area contributed by atoms with Crippen LogP contribution in [0.5, 0.6) is 11.5 Å². The maximum Gasteiger partial charge on any atom is 0.257 e. The Morgan fingerprint density at radius 3 is 2.35 bits per heavy atom. The number of hydrogen-bond donors (Lipinski definition) is 2. The largest absolute Gasteiger partial charge is 0.497 e. The van der Waals surface area contributed by atoms with E-state index in [0.29, 0.717) is 22.9 Å². The number of amides is 1. The maximum atomic E-state index is 12.3. The van der Waals surface area contributed by atoms with Gasteiger partial charge in [0.25, 0.3) is 5.91 Å². The molecule has 0 aliphatic rings. The van der Waals surface area contributed by atoms with Gasteiger partial charge in [-0.2, -0.15) is 0 Å². The summed E-state index contributed by atoms with van der Waals surface area (Å²) in [6.07, 6.45) is 0. The van der Waals surface area contributed by atoms with E-state index in [0.717, 1.165) is 5.69 Å². The number of nitrogens with one attached hydrogen (secondary N) is 2. The van der Waals surface area contributed by atoms with Crippen molar-refractivity contribution in [2.24, 2.45) is 0 Å². The van der Waals surface area contributed by atoms with Crippen LogP contribution in [0.1, 0.15) is 16.1 Å². The topological polar surface area (TPSA) is 72.5 Å². The fourth-order valence-corrected chi connectivity index (χ4v) is 2.07. The molecule has 23 heavy (non-hydrogen) atoms. The Bertz CT molecular complexity index is 712. The Morgan fingerprint density at radius 2 is 1.78 bits per heavy atom. The van der Waals surface area contributed by atoms with Crippen molar-refractivity contribution in [3.8, 4) is 11.5 Å². The van der Waals surface area contributed by atoms with Gasteiger partial charge < -0.3 is 14.8 Å². The molecule has 1 heterocycles. The number of aromatic nitrogens is 1. The number of hydrogen-bond acceptors (Lipinski definition) is 5. The van der Waals surface area contributed by atoms with E-state index in [1.807, 2.05) is 19.1 Å². The summed E-state index contributed by atoms with van der Waals surface area (Å²) in [6, 6.07) is 10.4. The van der Waals surface area contributed by atoms with Crippen LogP contribution in [0.2, 0.25) is 0 Å². The molecule has 1 aromatic heterocycles. The monoisotopic (exact) mass is 331 g/mol. The summed E-state index contributed by atoms with van der Waals surface area (Å²) in [5.74, 6) is 1.24. The molecule has 0 radical (unpaired) electrons. The standard InChI is InChI=1S/C16H17N3O3S/c1-10-5-4-6-14(17-10)18-16(23)19-15(20)11-7-12(21-2)9-13(8-11)22-3/h4-9H,1-3H3,(H2,17,18,19,20,23). The highest BCUT2D eigenvalue weighted by atomic mass is 32.1. The van der Waals surface area contributed by atoms with E-state index in [1.165, 1.54) is 14.2 Å². The zero-order chi connectivity index (χ0) is 16.8. The number of anilines is 1. The van der Waals surface area contributed by atoms with Gasteiger partial charge in [0.2, 0.25) is 0 Å². The number of ether oxygens (including phenoxy) is 2. The van der Waals surface area contributed by atoms with Crippen LogP contribution in [0.15, 0.2) is 36.4 Å². The van der Waals surface area contributed by atoms with Crippen molar-refractivity contribution in [1.29, 1.82) is 0 Å². The van der Waals surface area contributed by atoms with Crippen molar-refractivity contribution in [3.63, 3.8) is 0 Å². The summed E-state index contributed by atoms with van der Waals surface area (Å²) >= 11 is 5.13. The van der Waals surface area contributed by atoms with Gasteiger partial charge >= 0.3 is 0 Å². The molecular formula is C16H17N3O3S. The first-order chi connectivity index (χ1) is 11.0. The fraction of sp³-hybridized carbons (Fsp3) is 0.188. The molecule has 0 aliphatic heterocycles. The zero-order valence-corrected chi connectivity index (χ0v) is 13.9. The summed E-state index contributed by atoms with van der Waals surface area (Å²) in [5, 5.41) is 5.63. The highest BCUT2D eigenvalue weighted by molar-refractivity contribution is 7.80. The number of carbonyl (C=O) groups is 1. The fourth-order valence-electron chi connectivity index (χ4n) is 1.87. The van der Waals surface area contributed by atoms with E-state index in [2.05, 4.69) is 15.6 Å². The van der Waals surface area contributed by atoms with Crippen molar-refractivity contribution >= 4 is 29.1 Å². The van der Waals surface area contributed by atoms with E-state index in [1.54, 1.807) is 24.3 Å². The second-order valence-corrected chi connectivity index (χ2v) is 5.08. The first-order valence-electron chi connectivity index (χ1n) is 6.81. The predicted octanol–water partition coefficient (Wildman–Crippen LogP) is 2.53. The normalized spacial score (nSPS) is 9.87. The number of aryl methyl sites for hydroxylation is 1. The van der Waals surface area contributed by atoms with Crippen LogP contribution in [-0.4, -0.2) is 30.2 Å². The molecule has 0 atom stereocenters. The van der Waals surface area contributed by atoms with Crippen molar-refractivity contribution in [3.05, 3.63) is 47.7 Å². The van der Waals surface area contributed by atoms with Crippen molar-refractivity contribution < 1.29 is 14.3 Å². The molecule has 2 N–H and O–H groups in total. The first kappa shape index (κ1) is 16.7. The molecule has 0 spiro atoms. The van der Waals surface area contributed by atoms with Crippen LogP contribution in [0.4, 0.5) is 5.82 Å². The number of methoxy groups -OCH3 is 2. The molecule has 0 aliphatic carbocycles. The van der Waals surface area contributed by atoms with E-state index >= 15 is 0 Å².